The maximum Gasteiger partial charge on any atom is 0.328 e. The molecule has 14 nitrogen and oxygen atoms in total. The lowest BCUT2D eigenvalue weighted by Crippen LogP contribution is -2.59. The first-order valence-electron chi connectivity index (χ1n) is 13.0. The van der Waals surface area contributed by atoms with Crippen LogP contribution in [0.3, 0.4) is 0 Å². The lowest BCUT2D eigenvalue weighted by molar-refractivity contribution is -0.145. The number of ether oxygens (including phenoxy) is 1. The molecule has 1 aromatic rings. The third-order valence-corrected chi connectivity index (χ3v) is 6.08. The van der Waals surface area contributed by atoms with E-state index in [0.29, 0.717) is 12.0 Å². The van der Waals surface area contributed by atoms with Crippen LogP contribution < -0.4 is 32.7 Å². The number of benzene rings is 1. The number of phenols is 1. The van der Waals surface area contributed by atoms with E-state index in [1.165, 1.54) is 31.4 Å². The van der Waals surface area contributed by atoms with Gasteiger partial charge in [-0.15, -0.1) is 0 Å². The van der Waals surface area contributed by atoms with Gasteiger partial charge in [-0.1, -0.05) is 32.9 Å². The molecule has 0 aromatic heterocycles. The van der Waals surface area contributed by atoms with Crippen LogP contribution in [0.2, 0.25) is 0 Å². The molecule has 5 amide bonds. The summed E-state index contributed by atoms with van der Waals surface area (Å²) < 4.78 is 4.70. The lowest BCUT2D eigenvalue weighted by atomic mass is 10.0. The average Bonchev–Trinajstić information content (AvgIpc) is 2.93. The molecule has 0 radical (unpaired) electrons. The molecule has 5 unspecified atom stereocenters. The van der Waals surface area contributed by atoms with Gasteiger partial charge in [-0.05, 0) is 37.0 Å². The highest BCUT2D eigenvalue weighted by Gasteiger charge is 2.32. The van der Waals surface area contributed by atoms with Crippen molar-refractivity contribution in [1.82, 2.24) is 21.3 Å². The molecule has 9 N–H and O–H groups in total. The minimum absolute atomic E-state index is 0.00720. The molecule has 0 aliphatic carbocycles. The summed E-state index contributed by atoms with van der Waals surface area (Å²) in [5, 5.41) is 19.5. The van der Waals surface area contributed by atoms with Crippen LogP contribution in [0, 0.1) is 0 Å². The number of nitrogens with one attached hydrogen (secondary N) is 4. The van der Waals surface area contributed by atoms with Crippen LogP contribution in [-0.4, -0.2) is 77.9 Å². The Labute approximate surface area is 232 Å². The molecule has 40 heavy (non-hydrogen) atoms. The van der Waals surface area contributed by atoms with Gasteiger partial charge in [-0.25, -0.2) is 4.79 Å². The smallest absolute Gasteiger partial charge is 0.328 e. The number of carbonyl (C=O) groups excluding carboxylic acids is 6. The summed E-state index contributed by atoms with van der Waals surface area (Å²) in [7, 11) is 1.17. The number of hydrogen-bond acceptors (Lipinski definition) is 9. The summed E-state index contributed by atoms with van der Waals surface area (Å²) in [5.74, 6) is -4.52. The monoisotopic (exact) mass is 564 g/mol. The molecule has 0 fully saturated rings. The first-order valence-corrected chi connectivity index (χ1v) is 13.0. The van der Waals surface area contributed by atoms with Gasteiger partial charge in [0.1, 0.15) is 29.9 Å². The molecule has 0 heterocycles. The zero-order valence-electron chi connectivity index (χ0n) is 23.2. The topological polar surface area (TPSA) is 232 Å². The molecule has 0 aliphatic rings. The molecule has 0 bridgehead atoms. The number of methoxy groups -OCH3 is 1. The van der Waals surface area contributed by atoms with Gasteiger partial charge in [0.2, 0.25) is 29.5 Å². The van der Waals surface area contributed by atoms with E-state index in [1.54, 1.807) is 20.8 Å². The Morgan fingerprint density at radius 1 is 0.750 bits per heavy atom. The van der Waals surface area contributed by atoms with E-state index in [4.69, 9.17) is 16.2 Å². The van der Waals surface area contributed by atoms with Gasteiger partial charge in [-0.3, -0.25) is 24.0 Å². The van der Waals surface area contributed by atoms with E-state index in [-0.39, 0.29) is 25.0 Å². The average molecular weight is 565 g/mol. The van der Waals surface area contributed by atoms with Crippen LogP contribution in [0.15, 0.2) is 24.3 Å². The maximum absolute atomic E-state index is 13.3. The van der Waals surface area contributed by atoms with Crippen LogP contribution in [-0.2, 0) is 39.9 Å². The molecule has 0 saturated heterocycles. The Hall–Kier alpha value is -4.20. The van der Waals surface area contributed by atoms with Crippen LogP contribution >= 0.6 is 0 Å². The molecular formula is C26H40N6O8. The third kappa shape index (κ3) is 10.9. The Bertz CT molecular complexity index is 1050. The standard InChI is InChI=1S/C26H40N6O8/c1-5-16(27)22(35)29-17(6-2)23(36)32-20(13-21(28)34)25(38)31-19(12-14-8-10-15(33)11-9-14)24(37)30-18(7-3)26(39)40-4/h8-11,16-20,33H,5-7,12-13,27H2,1-4H3,(H2,28,34)(H,29,35)(H,30,37)(H,31,38)(H,32,36). The first-order chi connectivity index (χ1) is 18.9. The Kier molecular flexibility index (Phi) is 14.1. The fraction of sp³-hybridized carbons (Fsp3) is 0.538. The highest BCUT2D eigenvalue weighted by Crippen LogP contribution is 2.12. The highest BCUT2D eigenvalue weighted by atomic mass is 16.5. The van der Waals surface area contributed by atoms with Gasteiger partial charge in [0.15, 0.2) is 0 Å². The van der Waals surface area contributed by atoms with E-state index < -0.39 is 72.1 Å². The summed E-state index contributed by atoms with van der Waals surface area (Å²) >= 11 is 0. The molecule has 14 heteroatoms. The number of carbonyl (C=O) groups is 6. The lowest BCUT2D eigenvalue weighted by Gasteiger charge is -2.26. The summed E-state index contributed by atoms with van der Waals surface area (Å²) in [6.07, 6.45) is 0.0656. The Morgan fingerprint density at radius 2 is 1.23 bits per heavy atom. The van der Waals surface area contributed by atoms with Crippen molar-refractivity contribution < 1.29 is 38.6 Å². The Balaban J connectivity index is 3.18. The highest BCUT2D eigenvalue weighted by molar-refractivity contribution is 5.97. The fourth-order valence-corrected chi connectivity index (χ4v) is 3.59. The number of aromatic hydroxyl groups is 1. The second kappa shape index (κ2) is 16.7. The zero-order chi connectivity index (χ0) is 30.4. The SMILES string of the molecule is CCC(N)C(=O)NC(CC)C(=O)NC(CC(N)=O)C(=O)NC(Cc1ccc(O)cc1)C(=O)NC(CC)C(=O)OC. The molecule has 222 valence electrons. The van der Waals surface area contributed by atoms with Crippen LogP contribution in [0.4, 0.5) is 0 Å². The van der Waals surface area contributed by atoms with Crippen molar-refractivity contribution in [2.45, 2.75) is 83.1 Å². The third-order valence-electron chi connectivity index (χ3n) is 6.08. The number of primary amides is 1. The van der Waals surface area contributed by atoms with Gasteiger partial charge < -0.3 is 42.6 Å². The van der Waals surface area contributed by atoms with Gasteiger partial charge in [0.25, 0.3) is 0 Å². The number of hydrogen-bond donors (Lipinski definition) is 7. The summed E-state index contributed by atoms with van der Waals surface area (Å²) in [5.41, 5.74) is 11.6. The van der Waals surface area contributed by atoms with Crippen LogP contribution in [0.5, 0.6) is 5.75 Å². The number of rotatable bonds is 16. The van der Waals surface area contributed by atoms with Crippen molar-refractivity contribution in [3.05, 3.63) is 29.8 Å². The predicted octanol–water partition coefficient (Wildman–Crippen LogP) is -1.52. The number of esters is 1. The van der Waals surface area contributed by atoms with E-state index >= 15 is 0 Å². The molecule has 0 spiro atoms. The van der Waals surface area contributed by atoms with Crippen molar-refractivity contribution >= 4 is 35.5 Å². The van der Waals surface area contributed by atoms with Crippen molar-refractivity contribution in [2.24, 2.45) is 11.5 Å². The molecule has 1 rings (SSSR count). The molecule has 0 saturated carbocycles. The van der Waals surface area contributed by atoms with Gasteiger partial charge in [0, 0.05) is 6.42 Å². The van der Waals surface area contributed by atoms with Gasteiger partial charge >= 0.3 is 5.97 Å². The summed E-state index contributed by atoms with van der Waals surface area (Å²) in [6.45, 7) is 5.00. The number of phenolic OH excluding ortho intramolecular Hbond substituents is 1. The van der Waals surface area contributed by atoms with Crippen LogP contribution in [0.25, 0.3) is 0 Å². The van der Waals surface area contributed by atoms with E-state index in [2.05, 4.69) is 21.3 Å². The minimum atomic E-state index is -1.48. The second-order valence-corrected chi connectivity index (χ2v) is 9.14. The zero-order valence-corrected chi connectivity index (χ0v) is 23.2. The normalized spacial score (nSPS) is 14.4. The maximum atomic E-state index is 13.3. The van der Waals surface area contributed by atoms with Crippen molar-refractivity contribution in [1.29, 1.82) is 0 Å². The summed E-state index contributed by atoms with van der Waals surface area (Å²) in [4.78, 5) is 75.2. The van der Waals surface area contributed by atoms with Crippen molar-refractivity contribution in [2.75, 3.05) is 7.11 Å². The fourth-order valence-electron chi connectivity index (χ4n) is 3.59. The summed E-state index contributed by atoms with van der Waals surface area (Å²) in [6, 6.07) is 0.277. The van der Waals surface area contributed by atoms with Gasteiger partial charge in [-0.2, -0.15) is 0 Å². The quantitative estimate of drug-likeness (QED) is 0.115. The van der Waals surface area contributed by atoms with E-state index in [0.717, 1.165) is 0 Å². The molecule has 0 aliphatic heterocycles. The second-order valence-electron chi connectivity index (χ2n) is 9.14. The van der Waals surface area contributed by atoms with Crippen LogP contribution in [0.1, 0.15) is 52.0 Å². The number of amides is 5. The largest absolute Gasteiger partial charge is 0.508 e. The van der Waals surface area contributed by atoms with Gasteiger partial charge in [0.05, 0.1) is 19.6 Å². The molecule has 1 aromatic carbocycles. The predicted molar refractivity (Wildman–Crippen MR) is 144 cm³/mol. The van der Waals surface area contributed by atoms with Crippen molar-refractivity contribution in [3.8, 4) is 5.75 Å². The van der Waals surface area contributed by atoms with E-state index in [1.807, 2.05) is 0 Å². The number of nitrogens with two attached hydrogens (primary N) is 2. The molecular weight excluding hydrogens is 524 g/mol. The van der Waals surface area contributed by atoms with Crippen molar-refractivity contribution in [3.63, 3.8) is 0 Å². The minimum Gasteiger partial charge on any atom is -0.508 e. The molecule has 5 atom stereocenters. The Morgan fingerprint density at radius 3 is 1.73 bits per heavy atom. The first kappa shape index (κ1) is 33.8. The van der Waals surface area contributed by atoms with E-state index in [9.17, 15) is 33.9 Å².